The van der Waals surface area contributed by atoms with Crippen LogP contribution in [-0.4, -0.2) is 6.54 Å². The molecular formula is C18H23NO. The standard InChI is InChI=1S/C18H23NO/c1-13-6-4-7-14(2)17(13)12-20-18-15(3)8-5-9-16(18)10-11-19/h4-9H,10-12,19H2,1-3H3. The fourth-order valence-corrected chi connectivity index (χ4v) is 2.49. The van der Waals surface area contributed by atoms with Gasteiger partial charge < -0.3 is 10.5 Å². The summed E-state index contributed by atoms with van der Waals surface area (Å²) in [5.74, 6) is 0.987. The Morgan fingerprint density at radius 2 is 1.50 bits per heavy atom. The predicted molar refractivity (Wildman–Crippen MR) is 84.2 cm³/mol. The molecule has 20 heavy (non-hydrogen) atoms. The minimum atomic E-state index is 0.612. The first-order valence-electron chi connectivity index (χ1n) is 7.10. The molecule has 106 valence electrons. The van der Waals surface area contributed by atoms with Crippen molar-refractivity contribution in [2.75, 3.05) is 6.54 Å². The SMILES string of the molecule is Cc1cccc(C)c1COc1c(C)cccc1CCN. The van der Waals surface area contributed by atoms with Crippen molar-refractivity contribution in [1.29, 1.82) is 0 Å². The van der Waals surface area contributed by atoms with Gasteiger partial charge in [0, 0.05) is 0 Å². The monoisotopic (exact) mass is 269 g/mol. The smallest absolute Gasteiger partial charge is 0.125 e. The van der Waals surface area contributed by atoms with E-state index in [0.717, 1.165) is 12.2 Å². The molecule has 2 N–H and O–H groups in total. The van der Waals surface area contributed by atoms with E-state index < -0.39 is 0 Å². The molecule has 0 saturated carbocycles. The van der Waals surface area contributed by atoms with Crippen LogP contribution in [0, 0.1) is 20.8 Å². The van der Waals surface area contributed by atoms with E-state index in [1.54, 1.807) is 0 Å². The lowest BCUT2D eigenvalue weighted by Gasteiger charge is -2.16. The number of aryl methyl sites for hydroxylation is 3. The fourth-order valence-electron chi connectivity index (χ4n) is 2.49. The van der Waals surface area contributed by atoms with Gasteiger partial charge in [0.05, 0.1) is 0 Å². The average molecular weight is 269 g/mol. The number of hydrogen-bond donors (Lipinski definition) is 1. The van der Waals surface area contributed by atoms with Gasteiger partial charge in [0.15, 0.2) is 0 Å². The van der Waals surface area contributed by atoms with E-state index in [1.165, 1.54) is 27.8 Å². The summed E-state index contributed by atoms with van der Waals surface area (Å²) in [6.45, 7) is 7.60. The Kier molecular flexibility index (Phi) is 4.80. The van der Waals surface area contributed by atoms with Gasteiger partial charge in [-0.05, 0) is 61.6 Å². The highest BCUT2D eigenvalue weighted by molar-refractivity contribution is 5.41. The molecule has 0 unspecified atom stereocenters. The largest absolute Gasteiger partial charge is 0.488 e. The number of nitrogens with two attached hydrogens (primary N) is 1. The van der Waals surface area contributed by atoms with E-state index in [2.05, 4.69) is 57.2 Å². The third-order valence-corrected chi connectivity index (χ3v) is 3.71. The van der Waals surface area contributed by atoms with Crippen LogP contribution >= 0.6 is 0 Å². The van der Waals surface area contributed by atoms with Gasteiger partial charge in [-0.15, -0.1) is 0 Å². The second-order valence-electron chi connectivity index (χ2n) is 5.26. The minimum absolute atomic E-state index is 0.612. The molecule has 0 atom stereocenters. The van der Waals surface area contributed by atoms with Gasteiger partial charge in [0.25, 0.3) is 0 Å². The zero-order valence-corrected chi connectivity index (χ0v) is 12.6. The van der Waals surface area contributed by atoms with Gasteiger partial charge in [0.2, 0.25) is 0 Å². The summed E-state index contributed by atoms with van der Waals surface area (Å²) in [6.07, 6.45) is 0.851. The van der Waals surface area contributed by atoms with E-state index >= 15 is 0 Å². The molecular weight excluding hydrogens is 246 g/mol. The number of para-hydroxylation sites is 1. The first kappa shape index (κ1) is 14.6. The molecule has 2 rings (SSSR count). The summed E-state index contributed by atoms with van der Waals surface area (Å²) in [5, 5.41) is 0. The third-order valence-electron chi connectivity index (χ3n) is 3.71. The van der Waals surface area contributed by atoms with E-state index in [-0.39, 0.29) is 0 Å². The van der Waals surface area contributed by atoms with Crippen LogP contribution in [-0.2, 0) is 13.0 Å². The lowest BCUT2D eigenvalue weighted by atomic mass is 10.0. The summed E-state index contributed by atoms with van der Waals surface area (Å²) in [4.78, 5) is 0. The van der Waals surface area contributed by atoms with Crippen LogP contribution in [0.25, 0.3) is 0 Å². The van der Waals surface area contributed by atoms with Gasteiger partial charge in [0.1, 0.15) is 12.4 Å². The Balaban J connectivity index is 2.23. The van der Waals surface area contributed by atoms with E-state index in [9.17, 15) is 0 Å². The topological polar surface area (TPSA) is 35.2 Å². The zero-order valence-electron chi connectivity index (χ0n) is 12.6. The Hall–Kier alpha value is -1.80. The second kappa shape index (κ2) is 6.58. The maximum Gasteiger partial charge on any atom is 0.125 e. The molecule has 0 aliphatic carbocycles. The van der Waals surface area contributed by atoms with Crippen molar-refractivity contribution < 1.29 is 4.74 Å². The highest BCUT2D eigenvalue weighted by Gasteiger charge is 2.08. The molecule has 0 radical (unpaired) electrons. The van der Waals surface area contributed by atoms with Crippen LogP contribution in [0.15, 0.2) is 36.4 Å². The van der Waals surface area contributed by atoms with Crippen LogP contribution < -0.4 is 10.5 Å². The number of benzene rings is 2. The molecule has 0 spiro atoms. The van der Waals surface area contributed by atoms with Crippen molar-refractivity contribution >= 4 is 0 Å². The maximum atomic E-state index is 6.11. The molecule has 0 aromatic heterocycles. The van der Waals surface area contributed by atoms with Crippen molar-refractivity contribution in [3.8, 4) is 5.75 Å². The van der Waals surface area contributed by atoms with Crippen molar-refractivity contribution in [2.45, 2.75) is 33.8 Å². The van der Waals surface area contributed by atoms with Crippen LogP contribution in [0.5, 0.6) is 5.75 Å². The van der Waals surface area contributed by atoms with Gasteiger partial charge in [-0.1, -0.05) is 36.4 Å². The molecule has 0 heterocycles. The molecule has 0 aliphatic rings. The normalized spacial score (nSPS) is 10.6. The van der Waals surface area contributed by atoms with E-state index in [0.29, 0.717) is 13.2 Å². The number of hydrogen-bond acceptors (Lipinski definition) is 2. The highest BCUT2D eigenvalue weighted by atomic mass is 16.5. The number of rotatable bonds is 5. The van der Waals surface area contributed by atoms with Crippen LogP contribution in [0.2, 0.25) is 0 Å². The average Bonchev–Trinajstić information content (AvgIpc) is 2.41. The summed E-state index contributed by atoms with van der Waals surface area (Å²) in [6, 6.07) is 12.6. The van der Waals surface area contributed by atoms with Crippen LogP contribution in [0.3, 0.4) is 0 Å². The molecule has 0 amide bonds. The molecule has 2 aromatic rings. The van der Waals surface area contributed by atoms with E-state index in [1.807, 2.05) is 0 Å². The lowest BCUT2D eigenvalue weighted by molar-refractivity contribution is 0.299. The summed E-state index contributed by atoms with van der Waals surface area (Å²) in [7, 11) is 0. The Labute approximate surface area is 121 Å². The molecule has 2 nitrogen and oxygen atoms in total. The van der Waals surface area contributed by atoms with Gasteiger partial charge in [-0.3, -0.25) is 0 Å². The van der Waals surface area contributed by atoms with Gasteiger partial charge in [-0.25, -0.2) is 0 Å². The molecule has 2 heteroatoms. The molecule has 0 aliphatic heterocycles. The summed E-state index contributed by atoms with van der Waals surface area (Å²) < 4.78 is 6.11. The fraction of sp³-hybridized carbons (Fsp3) is 0.333. The Morgan fingerprint density at radius 3 is 2.15 bits per heavy atom. The quantitative estimate of drug-likeness (QED) is 0.898. The highest BCUT2D eigenvalue weighted by Crippen LogP contribution is 2.26. The van der Waals surface area contributed by atoms with Crippen molar-refractivity contribution in [3.63, 3.8) is 0 Å². The molecule has 2 aromatic carbocycles. The third kappa shape index (κ3) is 3.20. The van der Waals surface area contributed by atoms with Gasteiger partial charge >= 0.3 is 0 Å². The first-order chi connectivity index (χ1) is 9.63. The van der Waals surface area contributed by atoms with Crippen molar-refractivity contribution in [3.05, 3.63) is 64.2 Å². The maximum absolute atomic E-state index is 6.11. The van der Waals surface area contributed by atoms with Crippen molar-refractivity contribution in [1.82, 2.24) is 0 Å². The van der Waals surface area contributed by atoms with Crippen LogP contribution in [0.1, 0.15) is 27.8 Å². The minimum Gasteiger partial charge on any atom is -0.488 e. The molecule has 0 bridgehead atoms. The van der Waals surface area contributed by atoms with Gasteiger partial charge in [-0.2, -0.15) is 0 Å². The predicted octanol–water partition coefficient (Wildman–Crippen LogP) is 3.69. The zero-order chi connectivity index (χ0) is 14.5. The Bertz CT molecular complexity index is 570. The second-order valence-corrected chi connectivity index (χ2v) is 5.26. The first-order valence-corrected chi connectivity index (χ1v) is 7.10. The summed E-state index contributed by atoms with van der Waals surface area (Å²) >= 11 is 0. The summed E-state index contributed by atoms with van der Waals surface area (Å²) in [5.41, 5.74) is 11.9. The van der Waals surface area contributed by atoms with Crippen molar-refractivity contribution in [2.24, 2.45) is 5.73 Å². The molecule has 0 saturated heterocycles. The van der Waals surface area contributed by atoms with E-state index in [4.69, 9.17) is 10.5 Å². The van der Waals surface area contributed by atoms with Crippen LogP contribution in [0.4, 0.5) is 0 Å². The molecule has 0 fully saturated rings. The lowest BCUT2D eigenvalue weighted by Crippen LogP contribution is -2.07. The number of ether oxygens (including phenoxy) is 1. The Morgan fingerprint density at radius 1 is 0.900 bits per heavy atom.